The van der Waals surface area contributed by atoms with Crippen LogP contribution >= 0.6 is 0 Å². The number of phenolic OH excluding ortho intramolecular Hbond substituents is 1. The van der Waals surface area contributed by atoms with Crippen LogP contribution in [0, 0.1) is 0 Å². The molecule has 6 heteroatoms. The van der Waals surface area contributed by atoms with Crippen molar-refractivity contribution in [3.05, 3.63) is 41.5 Å². The topological polar surface area (TPSA) is 80.0 Å². The second kappa shape index (κ2) is 6.40. The highest BCUT2D eigenvalue weighted by Crippen LogP contribution is 2.38. The van der Waals surface area contributed by atoms with Gasteiger partial charge in [0.2, 0.25) is 0 Å². The standard InChI is InChI=1S/C17H22N4O2/c1-11(2)13-5-6-15(22)14(9-13)17(23)18-7-8-21-10-19-20-16(21)12-3-4-12/h5-6,9-12,22H,3-4,7-8H2,1-2H3,(H,18,23). The van der Waals surface area contributed by atoms with Crippen LogP contribution in [0.25, 0.3) is 0 Å². The minimum atomic E-state index is -0.258. The van der Waals surface area contributed by atoms with Gasteiger partial charge in [0.25, 0.3) is 5.91 Å². The number of aromatic hydroxyl groups is 1. The highest BCUT2D eigenvalue weighted by Gasteiger charge is 2.28. The Morgan fingerprint density at radius 2 is 2.22 bits per heavy atom. The highest BCUT2D eigenvalue weighted by atomic mass is 16.3. The van der Waals surface area contributed by atoms with Crippen LogP contribution < -0.4 is 5.32 Å². The summed E-state index contributed by atoms with van der Waals surface area (Å²) in [6.07, 6.45) is 4.04. The number of carbonyl (C=O) groups is 1. The number of carbonyl (C=O) groups excluding carboxylic acids is 1. The minimum absolute atomic E-state index is 0.00914. The van der Waals surface area contributed by atoms with Crippen molar-refractivity contribution in [2.24, 2.45) is 0 Å². The molecule has 0 bridgehead atoms. The lowest BCUT2D eigenvalue weighted by Gasteiger charge is -2.11. The fourth-order valence-corrected chi connectivity index (χ4v) is 2.57. The van der Waals surface area contributed by atoms with Crippen LogP contribution in [0.1, 0.15) is 60.3 Å². The Labute approximate surface area is 135 Å². The summed E-state index contributed by atoms with van der Waals surface area (Å²) >= 11 is 0. The van der Waals surface area contributed by atoms with Crippen molar-refractivity contribution in [2.75, 3.05) is 6.54 Å². The first kappa shape index (κ1) is 15.5. The van der Waals surface area contributed by atoms with Gasteiger partial charge in [-0.2, -0.15) is 0 Å². The highest BCUT2D eigenvalue weighted by molar-refractivity contribution is 5.97. The molecule has 2 aromatic rings. The Morgan fingerprint density at radius 1 is 1.43 bits per heavy atom. The quantitative estimate of drug-likeness (QED) is 0.858. The molecule has 1 aliphatic carbocycles. The summed E-state index contributed by atoms with van der Waals surface area (Å²) in [4.78, 5) is 12.3. The van der Waals surface area contributed by atoms with Crippen LogP contribution in [-0.4, -0.2) is 32.3 Å². The molecule has 0 spiro atoms. The fraction of sp³-hybridized carbons (Fsp3) is 0.471. The Kier molecular flexibility index (Phi) is 4.32. The molecule has 0 atom stereocenters. The number of aromatic nitrogens is 3. The number of rotatable bonds is 6. The molecular formula is C17H22N4O2. The second-order valence-electron chi connectivity index (χ2n) is 6.34. The maximum absolute atomic E-state index is 12.3. The molecule has 6 nitrogen and oxygen atoms in total. The van der Waals surface area contributed by atoms with Crippen molar-refractivity contribution >= 4 is 5.91 Å². The number of benzene rings is 1. The Balaban J connectivity index is 1.61. The van der Waals surface area contributed by atoms with Gasteiger partial charge in [0.05, 0.1) is 5.56 Å². The molecule has 1 aromatic heterocycles. The maximum atomic E-state index is 12.3. The van der Waals surface area contributed by atoms with Gasteiger partial charge in [0.15, 0.2) is 0 Å². The SMILES string of the molecule is CC(C)c1ccc(O)c(C(=O)NCCn2cnnc2C2CC2)c1. The summed E-state index contributed by atoms with van der Waals surface area (Å²) in [6.45, 7) is 5.22. The van der Waals surface area contributed by atoms with Crippen molar-refractivity contribution in [3.8, 4) is 5.75 Å². The summed E-state index contributed by atoms with van der Waals surface area (Å²) in [5.74, 6) is 1.59. The van der Waals surface area contributed by atoms with E-state index in [1.54, 1.807) is 18.5 Å². The molecule has 1 fully saturated rings. The first-order valence-electron chi connectivity index (χ1n) is 8.05. The van der Waals surface area contributed by atoms with Gasteiger partial charge in [-0.25, -0.2) is 0 Å². The largest absolute Gasteiger partial charge is 0.507 e. The van der Waals surface area contributed by atoms with Crippen molar-refractivity contribution < 1.29 is 9.90 Å². The first-order valence-corrected chi connectivity index (χ1v) is 8.05. The van der Waals surface area contributed by atoms with E-state index >= 15 is 0 Å². The molecule has 3 rings (SSSR count). The molecular weight excluding hydrogens is 292 g/mol. The zero-order valence-corrected chi connectivity index (χ0v) is 13.5. The van der Waals surface area contributed by atoms with Gasteiger partial charge in [-0.15, -0.1) is 10.2 Å². The van der Waals surface area contributed by atoms with E-state index in [1.165, 1.54) is 12.8 Å². The zero-order valence-electron chi connectivity index (χ0n) is 13.5. The third-order valence-corrected chi connectivity index (χ3v) is 4.16. The lowest BCUT2D eigenvalue weighted by Crippen LogP contribution is -2.27. The third kappa shape index (κ3) is 3.52. The monoisotopic (exact) mass is 314 g/mol. The van der Waals surface area contributed by atoms with E-state index in [4.69, 9.17) is 0 Å². The van der Waals surface area contributed by atoms with Gasteiger partial charge in [-0.1, -0.05) is 19.9 Å². The lowest BCUT2D eigenvalue weighted by molar-refractivity contribution is 0.0949. The molecule has 1 amide bonds. The number of hydrogen-bond donors (Lipinski definition) is 2. The molecule has 0 aliphatic heterocycles. The van der Waals surface area contributed by atoms with Gasteiger partial charge in [-0.3, -0.25) is 4.79 Å². The number of phenols is 1. The molecule has 1 heterocycles. The fourth-order valence-electron chi connectivity index (χ4n) is 2.57. The van der Waals surface area contributed by atoms with Crippen LogP contribution in [0.15, 0.2) is 24.5 Å². The number of nitrogens with zero attached hydrogens (tertiary/aromatic N) is 3. The molecule has 0 unspecified atom stereocenters. The zero-order chi connectivity index (χ0) is 16.4. The van der Waals surface area contributed by atoms with Crippen LogP contribution in [0.5, 0.6) is 5.75 Å². The second-order valence-corrected chi connectivity index (χ2v) is 6.34. The van der Waals surface area contributed by atoms with E-state index in [-0.39, 0.29) is 11.7 Å². The first-order chi connectivity index (χ1) is 11.1. The summed E-state index contributed by atoms with van der Waals surface area (Å²) in [5, 5.41) is 20.8. The van der Waals surface area contributed by atoms with E-state index in [9.17, 15) is 9.90 Å². The number of hydrogen-bond acceptors (Lipinski definition) is 4. The van der Waals surface area contributed by atoms with E-state index < -0.39 is 0 Å². The average Bonchev–Trinajstić information content (AvgIpc) is 3.26. The smallest absolute Gasteiger partial charge is 0.255 e. The van der Waals surface area contributed by atoms with Crippen molar-refractivity contribution in [1.29, 1.82) is 0 Å². The van der Waals surface area contributed by atoms with E-state index in [2.05, 4.69) is 29.4 Å². The van der Waals surface area contributed by atoms with Crippen molar-refractivity contribution in [1.82, 2.24) is 20.1 Å². The van der Waals surface area contributed by atoms with Crippen molar-refractivity contribution in [2.45, 2.75) is 45.1 Å². The predicted octanol–water partition coefficient (Wildman–Crippen LogP) is 2.41. The van der Waals surface area contributed by atoms with Crippen LogP contribution in [0.2, 0.25) is 0 Å². The number of amides is 1. The lowest BCUT2D eigenvalue weighted by atomic mass is 10.00. The van der Waals surface area contributed by atoms with Gasteiger partial charge in [0, 0.05) is 19.0 Å². The normalized spacial score (nSPS) is 14.2. The molecule has 2 N–H and O–H groups in total. The predicted molar refractivity (Wildman–Crippen MR) is 86.5 cm³/mol. The van der Waals surface area contributed by atoms with Crippen LogP contribution in [0.4, 0.5) is 0 Å². The molecule has 0 saturated heterocycles. The minimum Gasteiger partial charge on any atom is -0.507 e. The van der Waals surface area contributed by atoms with Gasteiger partial charge < -0.3 is 15.0 Å². The Hall–Kier alpha value is -2.37. The summed E-state index contributed by atoms with van der Waals surface area (Å²) in [7, 11) is 0. The third-order valence-electron chi connectivity index (χ3n) is 4.16. The molecule has 1 aromatic carbocycles. The average molecular weight is 314 g/mol. The molecule has 122 valence electrons. The van der Waals surface area contributed by atoms with Gasteiger partial charge >= 0.3 is 0 Å². The molecule has 1 saturated carbocycles. The van der Waals surface area contributed by atoms with E-state index in [0.717, 1.165) is 11.4 Å². The van der Waals surface area contributed by atoms with Crippen LogP contribution in [0.3, 0.4) is 0 Å². The number of nitrogens with one attached hydrogen (secondary N) is 1. The Morgan fingerprint density at radius 3 is 2.91 bits per heavy atom. The molecule has 0 radical (unpaired) electrons. The molecule has 23 heavy (non-hydrogen) atoms. The van der Waals surface area contributed by atoms with Crippen LogP contribution in [-0.2, 0) is 6.54 Å². The Bertz CT molecular complexity index is 704. The van der Waals surface area contributed by atoms with Gasteiger partial charge in [0.1, 0.15) is 17.9 Å². The van der Waals surface area contributed by atoms with E-state index in [0.29, 0.717) is 30.5 Å². The summed E-state index contributed by atoms with van der Waals surface area (Å²) in [6, 6.07) is 5.18. The summed E-state index contributed by atoms with van der Waals surface area (Å²) < 4.78 is 1.99. The molecule has 1 aliphatic rings. The maximum Gasteiger partial charge on any atom is 0.255 e. The summed E-state index contributed by atoms with van der Waals surface area (Å²) in [5.41, 5.74) is 1.35. The van der Waals surface area contributed by atoms with Crippen molar-refractivity contribution in [3.63, 3.8) is 0 Å². The van der Waals surface area contributed by atoms with Gasteiger partial charge in [-0.05, 0) is 36.5 Å². The van der Waals surface area contributed by atoms with E-state index in [1.807, 2.05) is 10.6 Å².